The molecule has 0 saturated carbocycles. The van der Waals surface area contributed by atoms with Gasteiger partial charge in [-0.2, -0.15) is 5.26 Å². The third-order valence-electron chi connectivity index (χ3n) is 4.62. The maximum atomic E-state index is 12.7. The molecular formula is C21H21BrN2O4. The number of ketones is 1. The van der Waals surface area contributed by atoms with Crippen LogP contribution >= 0.6 is 15.9 Å². The second-order valence-electron chi connectivity index (χ2n) is 6.40. The molecule has 7 heteroatoms. The number of carbonyl (C=O) groups excluding carboxylic acids is 1. The molecule has 146 valence electrons. The molecular weight excluding hydrogens is 424 g/mol. The fourth-order valence-corrected chi connectivity index (χ4v) is 4.06. The van der Waals surface area contributed by atoms with Crippen LogP contribution in [0, 0.1) is 11.3 Å². The average molecular weight is 445 g/mol. The lowest BCUT2D eigenvalue weighted by Crippen LogP contribution is -2.27. The van der Waals surface area contributed by atoms with Crippen LogP contribution in [0.5, 0.6) is 11.5 Å². The van der Waals surface area contributed by atoms with E-state index in [0.29, 0.717) is 65.3 Å². The molecule has 2 aliphatic rings. The highest BCUT2D eigenvalue weighted by molar-refractivity contribution is 9.10. The van der Waals surface area contributed by atoms with E-state index in [1.54, 1.807) is 12.1 Å². The van der Waals surface area contributed by atoms with Gasteiger partial charge >= 0.3 is 0 Å². The molecule has 1 aliphatic carbocycles. The number of nitriles is 1. The Kier molecular flexibility index (Phi) is 6.10. The first-order valence-electron chi connectivity index (χ1n) is 9.05. The average Bonchev–Trinajstić information content (AvgIpc) is 2.66. The summed E-state index contributed by atoms with van der Waals surface area (Å²) in [6.07, 6.45) is 3.40. The number of nitrogens with two attached hydrogens (primary N) is 1. The lowest BCUT2D eigenvalue weighted by atomic mass is 9.77. The Labute approximate surface area is 172 Å². The minimum Gasteiger partial charge on any atom is -0.490 e. The summed E-state index contributed by atoms with van der Waals surface area (Å²) in [5.41, 5.74) is 7.46. The number of allylic oxidation sites excluding steroid dienone is 3. The molecule has 1 aromatic rings. The third kappa shape index (κ3) is 3.65. The van der Waals surface area contributed by atoms with Crippen LogP contribution in [0.25, 0.3) is 0 Å². The van der Waals surface area contributed by atoms with Crippen LogP contribution < -0.4 is 15.2 Å². The monoisotopic (exact) mass is 444 g/mol. The summed E-state index contributed by atoms with van der Waals surface area (Å²) in [4.78, 5) is 12.7. The minimum atomic E-state index is -0.592. The van der Waals surface area contributed by atoms with Gasteiger partial charge in [0.05, 0.1) is 17.0 Å². The maximum absolute atomic E-state index is 12.7. The second-order valence-corrected chi connectivity index (χ2v) is 7.26. The van der Waals surface area contributed by atoms with Crippen molar-refractivity contribution in [1.82, 2.24) is 0 Å². The lowest BCUT2D eigenvalue weighted by molar-refractivity contribution is -0.116. The van der Waals surface area contributed by atoms with Crippen molar-refractivity contribution in [2.75, 3.05) is 13.2 Å². The van der Waals surface area contributed by atoms with Crippen molar-refractivity contribution in [1.29, 1.82) is 5.26 Å². The maximum Gasteiger partial charge on any atom is 0.205 e. The summed E-state index contributed by atoms with van der Waals surface area (Å²) in [7, 11) is 0. The number of nitrogens with zero attached hydrogens (tertiary/aromatic N) is 1. The standard InChI is InChI=1S/C21H21BrN2O4/c1-3-8-27-20-14(22)9-12(10-17(20)26-4-2)18-13(11-23)21(24)28-16-7-5-6-15(25)19(16)18/h3,9-10,18H,1,4-8,24H2,2H3/t18-/m1/s1. The molecule has 3 rings (SSSR count). The van der Waals surface area contributed by atoms with E-state index in [-0.39, 0.29) is 17.2 Å². The molecule has 6 nitrogen and oxygen atoms in total. The van der Waals surface area contributed by atoms with Crippen LogP contribution in [0.15, 0.2) is 52.0 Å². The molecule has 0 bridgehead atoms. The normalized spacial score (nSPS) is 18.9. The van der Waals surface area contributed by atoms with E-state index in [9.17, 15) is 10.1 Å². The molecule has 28 heavy (non-hydrogen) atoms. The Bertz CT molecular complexity index is 927. The second kappa shape index (κ2) is 8.53. The lowest BCUT2D eigenvalue weighted by Gasteiger charge is -2.31. The zero-order chi connectivity index (χ0) is 20.3. The van der Waals surface area contributed by atoms with Crippen molar-refractivity contribution in [3.63, 3.8) is 0 Å². The SMILES string of the molecule is C=CCOc1c(Br)cc([C@@H]2C(C#N)=C(N)OC3=C2C(=O)CCC3)cc1OCC. The van der Waals surface area contributed by atoms with Gasteiger partial charge in [-0.1, -0.05) is 12.7 Å². The topological polar surface area (TPSA) is 94.6 Å². The molecule has 0 unspecified atom stereocenters. The van der Waals surface area contributed by atoms with Crippen molar-refractivity contribution in [2.24, 2.45) is 5.73 Å². The van der Waals surface area contributed by atoms with Crippen LogP contribution in [-0.2, 0) is 9.53 Å². The first kappa shape index (κ1) is 20.0. The van der Waals surface area contributed by atoms with Crippen molar-refractivity contribution in [2.45, 2.75) is 32.1 Å². The molecule has 0 saturated heterocycles. The van der Waals surface area contributed by atoms with Crippen molar-refractivity contribution in [3.05, 3.63) is 57.6 Å². The van der Waals surface area contributed by atoms with E-state index in [4.69, 9.17) is 19.9 Å². The Balaban J connectivity index is 2.17. The van der Waals surface area contributed by atoms with Crippen LogP contribution in [0.3, 0.4) is 0 Å². The largest absolute Gasteiger partial charge is 0.490 e. The minimum absolute atomic E-state index is 0.0208. The fraction of sp³-hybridized carbons (Fsp3) is 0.333. The number of rotatable bonds is 6. The van der Waals surface area contributed by atoms with Crippen LogP contribution in [-0.4, -0.2) is 19.0 Å². The first-order valence-corrected chi connectivity index (χ1v) is 9.84. The molecule has 2 N–H and O–H groups in total. The predicted octanol–water partition coefficient (Wildman–Crippen LogP) is 4.23. The summed E-state index contributed by atoms with van der Waals surface area (Å²) < 4.78 is 17.7. The van der Waals surface area contributed by atoms with Crippen LogP contribution in [0.4, 0.5) is 0 Å². The molecule has 0 aromatic heterocycles. The Morgan fingerprint density at radius 3 is 2.89 bits per heavy atom. The Hall–Kier alpha value is -2.72. The first-order chi connectivity index (χ1) is 13.5. The van der Waals surface area contributed by atoms with Crippen molar-refractivity contribution < 1.29 is 19.0 Å². The van der Waals surface area contributed by atoms with E-state index in [1.165, 1.54) is 0 Å². The van der Waals surface area contributed by atoms with Gasteiger partial charge in [-0.15, -0.1) is 0 Å². The highest BCUT2D eigenvalue weighted by Crippen LogP contribution is 2.47. The zero-order valence-corrected chi connectivity index (χ0v) is 17.2. The number of halogens is 1. The van der Waals surface area contributed by atoms with Gasteiger partial charge in [0.1, 0.15) is 24.0 Å². The number of Topliss-reactive ketones (excluding diaryl/α,β-unsaturated/α-hetero) is 1. The van der Waals surface area contributed by atoms with Gasteiger partial charge < -0.3 is 19.9 Å². The van der Waals surface area contributed by atoms with E-state index in [0.717, 1.165) is 0 Å². The summed E-state index contributed by atoms with van der Waals surface area (Å²) >= 11 is 3.52. The summed E-state index contributed by atoms with van der Waals surface area (Å²) in [6, 6.07) is 5.74. The fourth-order valence-electron chi connectivity index (χ4n) is 3.49. The van der Waals surface area contributed by atoms with Gasteiger partial charge in [0.2, 0.25) is 5.88 Å². The van der Waals surface area contributed by atoms with Gasteiger partial charge in [0.25, 0.3) is 0 Å². The number of hydrogen-bond acceptors (Lipinski definition) is 6. The molecule has 0 radical (unpaired) electrons. The molecule has 1 atom stereocenters. The summed E-state index contributed by atoms with van der Waals surface area (Å²) in [5.74, 6) is 1.04. The molecule has 1 heterocycles. The molecule has 0 spiro atoms. The summed E-state index contributed by atoms with van der Waals surface area (Å²) in [5, 5.41) is 9.70. The van der Waals surface area contributed by atoms with Gasteiger partial charge in [-0.3, -0.25) is 4.79 Å². The van der Waals surface area contributed by atoms with Crippen molar-refractivity contribution in [3.8, 4) is 17.6 Å². The molecule has 1 aromatic carbocycles. The third-order valence-corrected chi connectivity index (χ3v) is 5.20. The summed E-state index contributed by atoms with van der Waals surface area (Å²) in [6.45, 7) is 6.28. The van der Waals surface area contributed by atoms with E-state index in [2.05, 4.69) is 28.6 Å². The smallest absolute Gasteiger partial charge is 0.205 e. The Morgan fingerprint density at radius 2 is 2.21 bits per heavy atom. The zero-order valence-electron chi connectivity index (χ0n) is 15.6. The van der Waals surface area contributed by atoms with Gasteiger partial charge in [-0.05, 0) is 47.0 Å². The number of benzene rings is 1. The number of carbonyl (C=O) groups is 1. The van der Waals surface area contributed by atoms with E-state index >= 15 is 0 Å². The number of hydrogen-bond donors (Lipinski definition) is 1. The molecule has 0 fully saturated rings. The van der Waals surface area contributed by atoms with Gasteiger partial charge in [0, 0.05) is 18.4 Å². The molecule has 0 amide bonds. The predicted molar refractivity (Wildman–Crippen MR) is 108 cm³/mol. The van der Waals surface area contributed by atoms with Gasteiger partial charge in [-0.25, -0.2) is 0 Å². The highest BCUT2D eigenvalue weighted by atomic mass is 79.9. The highest BCUT2D eigenvalue weighted by Gasteiger charge is 2.38. The quantitative estimate of drug-likeness (QED) is 0.659. The van der Waals surface area contributed by atoms with Crippen LogP contribution in [0.2, 0.25) is 0 Å². The molecule has 1 aliphatic heterocycles. The number of ether oxygens (including phenoxy) is 3. The van der Waals surface area contributed by atoms with Gasteiger partial charge in [0.15, 0.2) is 17.3 Å². The van der Waals surface area contributed by atoms with E-state index < -0.39 is 5.92 Å². The van der Waals surface area contributed by atoms with Crippen molar-refractivity contribution >= 4 is 21.7 Å². The van der Waals surface area contributed by atoms with Crippen LogP contribution in [0.1, 0.15) is 37.7 Å². The Morgan fingerprint density at radius 1 is 1.43 bits per heavy atom. The van der Waals surface area contributed by atoms with E-state index in [1.807, 2.05) is 13.0 Å².